The van der Waals surface area contributed by atoms with Crippen molar-refractivity contribution in [1.29, 1.82) is 0 Å². The lowest BCUT2D eigenvalue weighted by molar-refractivity contribution is -0.137. The minimum atomic E-state index is -0.217. The van der Waals surface area contributed by atoms with Crippen molar-refractivity contribution in [3.63, 3.8) is 0 Å². The van der Waals surface area contributed by atoms with E-state index < -0.39 is 0 Å². The third kappa shape index (κ3) is 3.49. The van der Waals surface area contributed by atoms with Crippen molar-refractivity contribution in [3.8, 4) is 0 Å². The lowest BCUT2D eigenvalue weighted by Crippen LogP contribution is -2.43. The molecule has 0 N–H and O–H groups in total. The van der Waals surface area contributed by atoms with Gasteiger partial charge in [-0.05, 0) is 37.0 Å². The Morgan fingerprint density at radius 1 is 1.12 bits per heavy atom. The van der Waals surface area contributed by atoms with E-state index in [4.69, 9.17) is 0 Å². The maximum atomic E-state index is 12.9. The maximum absolute atomic E-state index is 12.9. The van der Waals surface area contributed by atoms with Gasteiger partial charge in [-0.25, -0.2) is 0 Å². The Labute approximate surface area is 153 Å². The van der Waals surface area contributed by atoms with Crippen LogP contribution in [0.15, 0.2) is 48.8 Å². The Hall–Kier alpha value is -2.63. The summed E-state index contributed by atoms with van der Waals surface area (Å²) in [5.41, 5.74) is 0.880. The molecule has 0 spiro atoms. The van der Waals surface area contributed by atoms with Gasteiger partial charge in [0.1, 0.15) is 0 Å². The van der Waals surface area contributed by atoms with Crippen molar-refractivity contribution in [2.75, 3.05) is 24.5 Å². The number of anilines is 1. The molecule has 4 rings (SSSR count). The molecule has 1 unspecified atom stereocenters. The third-order valence-corrected chi connectivity index (χ3v) is 5.47. The van der Waals surface area contributed by atoms with Crippen LogP contribution in [0.5, 0.6) is 0 Å². The molecular weight excluding hydrogens is 328 g/mol. The molecule has 26 heavy (non-hydrogen) atoms. The lowest BCUT2D eigenvalue weighted by Gasteiger charge is -2.33. The van der Waals surface area contributed by atoms with Gasteiger partial charge in [-0.3, -0.25) is 14.3 Å². The summed E-state index contributed by atoms with van der Waals surface area (Å²) in [7, 11) is 0. The van der Waals surface area contributed by atoms with Crippen LogP contribution in [0.25, 0.3) is 0 Å². The Balaban J connectivity index is 1.32. The number of piperidine rings is 1. The van der Waals surface area contributed by atoms with Gasteiger partial charge in [0.2, 0.25) is 11.8 Å². The van der Waals surface area contributed by atoms with Gasteiger partial charge in [0.25, 0.3) is 0 Å². The van der Waals surface area contributed by atoms with E-state index in [1.165, 1.54) is 0 Å². The van der Waals surface area contributed by atoms with Gasteiger partial charge in [-0.2, -0.15) is 5.10 Å². The molecule has 0 radical (unpaired) electrons. The fourth-order valence-corrected chi connectivity index (χ4v) is 4.00. The number of hydrogen-bond acceptors (Lipinski definition) is 3. The van der Waals surface area contributed by atoms with Gasteiger partial charge >= 0.3 is 0 Å². The largest absolute Gasteiger partial charge is 0.342 e. The van der Waals surface area contributed by atoms with Crippen LogP contribution in [0, 0.1) is 11.8 Å². The predicted molar refractivity (Wildman–Crippen MR) is 98.4 cm³/mol. The van der Waals surface area contributed by atoms with E-state index in [9.17, 15) is 9.59 Å². The Morgan fingerprint density at radius 3 is 2.58 bits per heavy atom. The fourth-order valence-electron chi connectivity index (χ4n) is 4.00. The first-order valence-electron chi connectivity index (χ1n) is 9.32. The number of nitrogens with zero attached hydrogens (tertiary/aromatic N) is 4. The molecule has 3 heterocycles. The second kappa shape index (κ2) is 7.32. The van der Waals surface area contributed by atoms with Crippen LogP contribution >= 0.6 is 0 Å². The molecule has 2 amide bonds. The van der Waals surface area contributed by atoms with Gasteiger partial charge in [-0.15, -0.1) is 0 Å². The second-order valence-electron chi connectivity index (χ2n) is 7.24. The van der Waals surface area contributed by atoms with Crippen molar-refractivity contribution >= 4 is 17.5 Å². The first-order chi connectivity index (χ1) is 12.7. The van der Waals surface area contributed by atoms with E-state index in [1.807, 2.05) is 52.2 Å². The molecule has 0 saturated carbocycles. The molecule has 1 aromatic heterocycles. The summed E-state index contributed by atoms with van der Waals surface area (Å²) in [6.45, 7) is 2.97. The number of hydrogen-bond donors (Lipinski definition) is 0. The van der Waals surface area contributed by atoms with Crippen molar-refractivity contribution in [2.45, 2.75) is 25.8 Å². The summed E-state index contributed by atoms with van der Waals surface area (Å²) in [6, 6.07) is 11.6. The van der Waals surface area contributed by atoms with Gasteiger partial charge < -0.3 is 9.80 Å². The van der Waals surface area contributed by atoms with E-state index >= 15 is 0 Å². The molecule has 2 saturated heterocycles. The van der Waals surface area contributed by atoms with Crippen LogP contribution in [0.3, 0.4) is 0 Å². The van der Waals surface area contributed by atoms with Crippen molar-refractivity contribution in [3.05, 3.63) is 48.8 Å². The third-order valence-electron chi connectivity index (χ3n) is 5.47. The zero-order valence-corrected chi connectivity index (χ0v) is 14.8. The Kier molecular flexibility index (Phi) is 4.73. The summed E-state index contributed by atoms with van der Waals surface area (Å²) in [5, 5.41) is 4.27. The molecule has 1 atom stereocenters. The SMILES string of the molecule is O=C(C1CC(=O)N(c2ccccc2)C1)N1CCC(Cn2cccn2)CC1. The highest BCUT2D eigenvalue weighted by Gasteiger charge is 2.38. The number of aromatic nitrogens is 2. The maximum Gasteiger partial charge on any atom is 0.228 e. The van der Waals surface area contributed by atoms with Crippen LogP contribution in [0.4, 0.5) is 5.69 Å². The zero-order chi connectivity index (χ0) is 17.9. The Morgan fingerprint density at radius 2 is 1.88 bits per heavy atom. The fraction of sp³-hybridized carbons (Fsp3) is 0.450. The molecule has 6 nitrogen and oxygen atoms in total. The van der Waals surface area contributed by atoms with Crippen LogP contribution in [-0.4, -0.2) is 46.1 Å². The van der Waals surface area contributed by atoms with Crippen molar-refractivity contribution < 1.29 is 9.59 Å². The standard InChI is InChI=1S/C20H24N4O2/c25-19-13-17(15-24(19)18-5-2-1-3-6-18)20(26)22-11-7-16(8-12-22)14-23-10-4-9-21-23/h1-6,9-10,16-17H,7-8,11-15H2. The number of likely N-dealkylation sites (tertiary alicyclic amines) is 1. The van der Waals surface area contributed by atoms with Crippen LogP contribution in [0.1, 0.15) is 19.3 Å². The molecule has 0 aliphatic carbocycles. The van der Waals surface area contributed by atoms with Crippen molar-refractivity contribution in [2.24, 2.45) is 11.8 Å². The average Bonchev–Trinajstić information content (AvgIpc) is 3.32. The summed E-state index contributed by atoms with van der Waals surface area (Å²) >= 11 is 0. The van der Waals surface area contributed by atoms with Gasteiger partial charge in [-0.1, -0.05) is 18.2 Å². The number of carbonyl (C=O) groups is 2. The smallest absolute Gasteiger partial charge is 0.228 e. The minimum absolute atomic E-state index is 0.0446. The van der Waals surface area contributed by atoms with Gasteiger partial charge in [0.05, 0.1) is 5.92 Å². The molecule has 136 valence electrons. The normalized spacial score (nSPS) is 21.4. The highest BCUT2D eigenvalue weighted by atomic mass is 16.2. The molecule has 6 heteroatoms. The number of carbonyl (C=O) groups excluding carboxylic acids is 2. The van der Waals surface area contributed by atoms with E-state index in [0.29, 0.717) is 18.9 Å². The number of rotatable bonds is 4. The summed E-state index contributed by atoms with van der Waals surface area (Å²) in [5.74, 6) is 0.521. The first-order valence-corrected chi connectivity index (χ1v) is 9.32. The number of benzene rings is 1. The summed E-state index contributed by atoms with van der Waals surface area (Å²) < 4.78 is 1.97. The quantitative estimate of drug-likeness (QED) is 0.847. The second-order valence-corrected chi connectivity index (χ2v) is 7.24. The Bertz CT molecular complexity index is 751. The van der Waals surface area contributed by atoms with Crippen molar-refractivity contribution in [1.82, 2.24) is 14.7 Å². The topological polar surface area (TPSA) is 58.4 Å². The van der Waals surface area contributed by atoms with E-state index in [-0.39, 0.29) is 17.7 Å². The summed E-state index contributed by atoms with van der Waals surface area (Å²) in [4.78, 5) is 28.9. The number of para-hydroxylation sites is 1. The molecule has 0 bridgehead atoms. The molecule has 2 aromatic rings. The molecule has 2 fully saturated rings. The van der Waals surface area contributed by atoms with Crippen LogP contribution in [0.2, 0.25) is 0 Å². The summed E-state index contributed by atoms with van der Waals surface area (Å²) in [6.07, 6.45) is 6.10. The van der Waals surface area contributed by atoms with Gasteiger partial charge in [0, 0.05) is 50.7 Å². The molecular formula is C20H24N4O2. The van der Waals surface area contributed by atoms with Gasteiger partial charge in [0.15, 0.2) is 0 Å². The van der Waals surface area contributed by atoms with Crippen LogP contribution < -0.4 is 4.90 Å². The number of amides is 2. The first kappa shape index (κ1) is 16.8. The highest BCUT2D eigenvalue weighted by Crippen LogP contribution is 2.28. The van der Waals surface area contributed by atoms with E-state index in [2.05, 4.69) is 5.10 Å². The van der Waals surface area contributed by atoms with Crippen LogP contribution in [-0.2, 0) is 16.1 Å². The average molecular weight is 352 g/mol. The van der Waals surface area contributed by atoms with E-state index in [1.54, 1.807) is 11.1 Å². The predicted octanol–water partition coefficient (Wildman–Crippen LogP) is 2.17. The zero-order valence-electron chi connectivity index (χ0n) is 14.8. The lowest BCUT2D eigenvalue weighted by atomic mass is 9.95. The molecule has 2 aliphatic heterocycles. The molecule has 1 aromatic carbocycles. The minimum Gasteiger partial charge on any atom is -0.342 e. The highest BCUT2D eigenvalue weighted by molar-refractivity contribution is 6.00. The molecule has 2 aliphatic rings. The van der Waals surface area contributed by atoms with E-state index in [0.717, 1.165) is 38.2 Å². The monoisotopic (exact) mass is 352 g/mol.